The highest BCUT2D eigenvalue weighted by Gasteiger charge is 2.44. The van der Waals surface area contributed by atoms with Crippen molar-refractivity contribution in [1.82, 2.24) is 4.90 Å². The molecule has 1 aliphatic heterocycles. The van der Waals surface area contributed by atoms with E-state index in [4.69, 9.17) is 17.2 Å². The first-order valence-electron chi connectivity index (χ1n) is 7.76. The van der Waals surface area contributed by atoms with Gasteiger partial charge in [0.05, 0.1) is 0 Å². The van der Waals surface area contributed by atoms with E-state index in [2.05, 4.69) is 15.9 Å². The topological polar surface area (TPSA) is 32.7 Å². The van der Waals surface area contributed by atoms with Crippen LogP contribution in [0.2, 0.25) is 0 Å². The summed E-state index contributed by atoms with van der Waals surface area (Å²) in [7, 11) is 0. The average molecular weight is 401 g/mol. The quantitative estimate of drug-likeness (QED) is 0.689. The zero-order chi connectivity index (χ0) is 17.3. The fourth-order valence-electron chi connectivity index (χ4n) is 2.72. The Morgan fingerprint density at radius 2 is 1.79 bits per heavy atom. The molecule has 1 amide bonds. The molecule has 0 fully saturated rings. The summed E-state index contributed by atoms with van der Waals surface area (Å²) in [6, 6.07) is 17.0. The van der Waals surface area contributed by atoms with Crippen molar-refractivity contribution in [3.63, 3.8) is 0 Å². The fourth-order valence-corrected chi connectivity index (χ4v) is 3.42. The Morgan fingerprint density at radius 3 is 2.38 bits per heavy atom. The van der Waals surface area contributed by atoms with Gasteiger partial charge in [-0.25, -0.2) is 0 Å². The Labute approximate surface area is 155 Å². The fraction of sp³-hybridized carbons (Fsp3) is 0.211. The summed E-state index contributed by atoms with van der Waals surface area (Å²) in [5.41, 5.74) is 1.58. The van der Waals surface area contributed by atoms with E-state index in [1.165, 1.54) is 0 Å². The SMILES string of the molecule is CCC1(C)N=C(c2ccc(Br)cc2)C(=S)N1C(=O)c1ccccc1. The summed E-state index contributed by atoms with van der Waals surface area (Å²) in [4.78, 5) is 20.0. The lowest BCUT2D eigenvalue weighted by Gasteiger charge is -2.31. The first-order chi connectivity index (χ1) is 11.5. The zero-order valence-electron chi connectivity index (χ0n) is 13.5. The van der Waals surface area contributed by atoms with Gasteiger partial charge in [-0.1, -0.05) is 65.4 Å². The normalized spacial score (nSPS) is 20.2. The molecule has 0 bridgehead atoms. The van der Waals surface area contributed by atoms with Crippen LogP contribution in [0.1, 0.15) is 36.2 Å². The highest BCUT2D eigenvalue weighted by molar-refractivity contribution is 9.10. The Kier molecular flexibility index (Phi) is 4.65. The lowest BCUT2D eigenvalue weighted by Crippen LogP contribution is -2.47. The van der Waals surface area contributed by atoms with Crippen LogP contribution in [-0.2, 0) is 0 Å². The Hall–Kier alpha value is -1.85. The molecule has 0 spiro atoms. The van der Waals surface area contributed by atoms with Crippen molar-refractivity contribution in [3.8, 4) is 0 Å². The van der Waals surface area contributed by atoms with Crippen LogP contribution in [0, 0.1) is 0 Å². The van der Waals surface area contributed by atoms with Crippen molar-refractivity contribution >= 4 is 44.8 Å². The third-order valence-corrected chi connectivity index (χ3v) is 5.16. The molecule has 2 aromatic carbocycles. The van der Waals surface area contributed by atoms with Gasteiger partial charge < -0.3 is 0 Å². The number of halogens is 1. The van der Waals surface area contributed by atoms with Crippen LogP contribution in [0.15, 0.2) is 64.1 Å². The molecule has 1 heterocycles. The molecule has 1 unspecified atom stereocenters. The number of amides is 1. The minimum atomic E-state index is -0.660. The maximum Gasteiger partial charge on any atom is 0.260 e. The zero-order valence-corrected chi connectivity index (χ0v) is 15.9. The van der Waals surface area contributed by atoms with Gasteiger partial charge in [0.15, 0.2) is 0 Å². The van der Waals surface area contributed by atoms with E-state index in [0.717, 1.165) is 10.0 Å². The molecule has 3 rings (SSSR count). The van der Waals surface area contributed by atoms with Crippen LogP contribution in [0.4, 0.5) is 0 Å². The molecule has 0 N–H and O–H groups in total. The number of nitrogens with zero attached hydrogens (tertiary/aromatic N) is 2. The van der Waals surface area contributed by atoms with Crippen LogP contribution in [0.25, 0.3) is 0 Å². The van der Waals surface area contributed by atoms with Gasteiger partial charge in [0.2, 0.25) is 0 Å². The summed E-state index contributed by atoms with van der Waals surface area (Å²) in [5.74, 6) is -0.110. The summed E-state index contributed by atoms with van der Waals surface area (Å²) < 4.78 is 0.992. The van der Waals surface area contributed by atoms with Crippen LogP contribution < -0.4 is 0 Å². The number of benzene rings is 2. The number of carbonyl (C=O) groups is 1. The van der Waals surface area contributed by atoms with Crippen molar-refractivity contribution in [2.75, 3.05) is 0 Å². The Morgan fingerprint density at radius 1 is 1.17 bits per heavy atom. The van der Waals surface area contributed by atoms with Crippen molar-refractivity contribution in [3.05, 3.63) is 70.2 Å². The molecule has 3 nitrogen and oxygen atoms in total. The second kappa shape index (κ2) is 6.57. The largest absolute Gasteiger partial charge is 0.272 e. The van der Waals surface area contributed by atoms with Crippen molar-refractivity contribution in [2.45, 2.75) is 25.9 Å². The minimum Gasteiger partial charge on any atom is -0.272 e. The maximum absolute atomic E-state index is 13.0. The molecular formula is C19H17BrN2OS. The first-order valence-corrected chi connectivity index (χ1v) is 8.96. The van der Waals surface area contributed by atoms with Gasteiger partial charge in [0.1, 0.15) is 16.4 Å². The second-order valence-corrected chi connectivity index (χ2v) is 7.15. The number of rotatable bonds is 3. The number of hydrogen-bond acceptors (Lipinski definition) is 3. The lowest BCUT2D eigenvalue weighted by molar-refractivity contribution is 0.0734. The number of thiocarbonyl (C=S) groups is 1. The highest BCUT2D eigenvalue weighted by atomic mass is 79.9. The number of hydrogen-bond donors (Lipinski definition) is 0. The number of carbonyl (C=O) groups excluding carboxylic acids is 1. The standard InChI is InChI=1S/C19H17BrN2OS/c1-3-19(2)21-16(13-9-11-15(20)12-10-13)18(24)22(19)17(23)14-7-5-4-6-8-14/h4-12H,3H2,1-2H3. The van der Waals surface area contributed by atoms with Gasteiger partial charge in [0.25, 0.3) is 5.91 Å². The molecule has 0 aromatic heterocycles. The molecule has 0 radical (unpaired) electrons. The minimum absolute atomic E-state index is 0.110. The summed E-state index contributed by atoms with van der Waals surface area (Å²) >= 11 is 9.06. The van der Waals surface area contributed by atoms with Crippen LogP contribution in [-0.4, -0.2) is 27.2 Å². The van der Waals surface area contributed by atoms with Gasteiger partial charge in [-0.3, -0.25) is 14.7 Å². The van der Waals surface area contributed by atoms with E-state index in [1.54, 1.807) is 17.0 Å². The molecule has 24 heavy (non-hydrogen) atoms. The maximum atomic E-state index is 13.0. The van der Waals surface area contributed by atoms with Crippen molar-refractivity contribution in [2.24, 2.45) is 4.99 Å². The monoisotopic (exact) mass is 400 g/mol. The third-order valence-electron chi connectivity index (χ3n) is 4.25. The van der Waals surface area contributed by atoms with E-state index in [0.29, 0.717) is 22.7 Å². The van der Waals surface area contributed by atoms with Gasteiger partial charge in [0, 0.05) is 15.6 Å². The predicted octanol–water partition coefficient (Wildman–Crippen LogP) is 4.85. The van der Waals surface area contributed by atoms with Crippen LogP contribution in [0.3, 0.4) is 0 Å². The lowest BCUT2D eigenvalue weighted by atomic mass is 10.1. The molecule has 122 valence electrons. The third kappa shape index (κ3) is 2.94. The van der Waals surface area contributed by atoms with E-state index < -0.39 is 5.66 Å². The summed E-state index contributed by atoms with van der Waals surface area (Å²) in [5, 5.41) is 0. The summed E-state index contributed by atoms with van der Waals surface area (Å²) in [6.07, 6.45) is 0.686. The van der Waals surface area contributed by atoms with Gasteiger partial charge >= 0.3 is 0 Å². The molecule has 5 heteroatoms. The van der Waals surface area contributed by atoms with E-state index in [9.17, 15) is 4.79 Å². The van der Waals surface area contributed by atoms with Crippen molar-refractivity contribution in [1.29, 1.82) is 0 Å². The smallest absolute Gasteiger partial charge is 0.260 e. The molecule has 0 saturated heterocycles. The molecule has 0 saturated carbocycles. The van der Waals surface area contributed by atoms with Crippen LogP contribution >= 0.6 is 28.1 Å². The van der Waals surface area contributed by atoms with Crippen LogP contribution in [0.5, 0.6) is 0 Å². The highest BCUT2D eigenvalue weighted by Crippen LogP contribution is 2.32. The Balaban J connectivity index is 2.02. The molecule has 1 atom stereocenters. The molecule has 1 aliphatic rings. The predicted molar refractivity (Wildman–Crippen MR) is 105 cm³/mol. The first kappa shape index (κ1) is 17.0. The van der Waals surface area contributed by atoms with E-state index in [1.807, 2.05) is 56.3 Å². The second-order valence-electron chi connectivity index (χ2n) is 5.85. The van der Waals surface area contributed by atoms with Crippen molar-refractivity contribution < 1.29 is 4.79 Å². The number of aliphatic imine (C=N–C) groups is 1. The molecule has 2 aromatic rings. The average Bonchev–Trinajstić information content (AvgIpc) is 2.87. The van der Waals surface area contributed by atoms with Gasteiger partial charge in [-0.15, -0.1) is 0 Å². The van der Waals surface area contributed by atoms with E-state index >= 15 is 0 Å². The summed E-state index contributed by atoms with van der Waals surface area (Å²) in [6.45, 7) is 3.97. The van der Waals surface area contributed by atoms with Gasteiger partial charge in [-0.05, 0) is 37.6 Å². The molecule has 0 aliphatic carbocycles. The van der Waals surface area contributed by atoms with E-state index in [-0.39, 0.29) is 5.91 Å². The molecular weight excluding hydrogens is 384 g/mol. The van der Waals surface area contributed by atoms with Gasteiger partial charge in [-0.2, -0.15) is 0 Å². The Bertz CT molecular complexity index is 817.